The van der Waals surface area contributed by atoms with Gasteiger partial charge in [0, 0.05) is 0 Å². The van der Waals surface area contributed by atoms with Crippen molar-refractivity contribution in [2.75, 3.05) is 14.2 Å². The van der Waals surface area contributed by atoms with Crippen molar-refractivity contribution < 1.29 is 9.47 Å². The lowest BCUT2D eigenvalue weighted by Gasteiger charge is -2.09. The van der Waals surface area contributed by atoms with E-state index < -0.39 is 0 Å². The molecule has 68 valence electrons. The molecule has 0 N–H and O–H groups in total. The van der Waals surface area contributed by atoms with E-state index in [0.717, 1.165) is 5.56 Å². The molecule has 0 amide bonds. The molecule has 0 unspecified atom stereocenters. The van der Waals surface area contributed by atoms with Crippen molar-refractivity contribution >= 4 is 0 Å². The van der Waals surface area contributed by atoms with Gasteiger partial charge in [0.05, 0.1) is 19.8 Å². The lowest BCUT2D eigenvalue weighted by Crippen LogP contribution is -1.94. The van der Waals surface area contributed by atoms with Gasteiger partial charge in [-0.3, -0.25) is 0 Å². The van der Waals surface area contributed by atoms with Crippen LogP contribution in [0.5, 0.6) is 11.5 Å². The van der Waals surface area contributed by atoms with Crippen molar-refractivity contribution in [3.63, 3.8) is 0 Å². The number of hydrogen-bond acceptors (Lipinski definition) is 3. The molecule has 0 aliphatic carbocycles. The molecule has 0 saturated heterocycles. The summed E-state index contributed by atoms with van der Waals surface area (Å²) in [5.41, 5.74) is 1.48. The largest absolute Gasteiger partial charge is 0.493 e. The highest BCUT2D eigenvalue weighted by molar-refractivity contribution is 5.54. The molecule has 1 rings (SSSR count). The highest BCUT2D eigenvalue weighted by Gasteiger charge is 2.09. The Morgan fingerprint density at radius 2 is 1.92 bits per heavy atom. The van der Waals surface area contributed by atoms with Crippen LogP contribution in [0.15, 0.2) is 12.1 Å². The van der Waals surface area contributed by atoms with E-state index in [1.807, 2.05) is 13.0 Å². The van der Waals surface area contributed by atoms with Crippen molar-refractivity contribution in [1.29, 1.82) is 5.26 Å². The minimum Gasteiger partial charge on any atom is -0.493 e. The molecular formula is C10H11NO2. The molecule has 0 fully saturated rings. The van der Waals surface area contributed by atoms with Crippen LogP contribution in [0.3, 0.4) is 0 Å². The summed E-state index contributed by atoms with van der Waals surface area (Å²) in [4.78, 5) is 0. The molecule has 0 radical (unpaired) electrons. The average Bonchev–Trinajstić information content (AvgIpc) is 2.16. The SMILES string of the molecule is COc1cc(C)cc(C#N)c1OC. The van der Waals surface area contributed by atoms with Crippen LogP contribution >= 0.6 is 0 Å². The highest BCUT2D eigenvalue weighted by atomic mass is 16.5. The van der Waals surface area contributed by atoms with Crippen molar-refractivity contribution in [3.8, 4) is 17.6 Å². The van der Waals surface area contributed by atoms with Crippen LogP contribution < -0.4 is 9.47 Å². The van der Waals surface area contributed by atoms with Gasteiger partial charge in [-0.2, -0.15) is 5.26 Å². The summed E-state index contributed by atoms with van der Waals surface area (Å²) in [5, 5.41) is 8.81. The number of nitrogens with zero attached hydrogens (tertiary/aromatic N) is 1. The first-order chi connectivity index (χ1) is 6.22. The number of rotatable bonds is 2. The summed E-state index contributed by atoms with van der Waals surface area (Å²) in [5.74, 6) is 1.09. The van der Waals surface area contributed by atoms with E-state index in [4.69, 9.17) is 14.7 Å². The van der Waals surface area contributed by atoms with Crippen LogP contribution in [0.25, 0.3) is 0 Å². The lowest BCUT2D eigenvalue weighted by atomic mass is 10.1. The third kappa shape index (κ3) is 1.73. The molecule has 0 aliphatic rings. The Morgan fingerprint density at radius 1 is 1.23 bits per heavy atom. The molecule has 0 aliphatic heterocycles. The van der Waals surface area contributed by atoms with Gasteiger partial charge in [0.2, 0.25) is 0 Å². The van der Waals surface area contributed by atoms with E-state index in [9.17, 15) is 0 Å². The first-order valence-electron chi connectivity index (χ1n) is 3.85. The standard InChI is InChI=1S/C10H11NO2/c1-7-4-8(6-11)10(13-3)9(5-7)12-2/h4-5H,1-3H3. The van der Waals surface area contributed by atoms with Crippen LogP contribution in [0.1, 0.15) is 11.1 Å². The van der Waals surface area contributed by atoms with Gasteiger partial charge in [0.1, 0.15) is 6.07 Å². The van der Waals surface area contributed by atoms with Crippen LogP contribution in [-0.4, -0.2) is 14.2 Å². The molecule has 0 aromatic heterocycles. The third-order valence-electron chi connectivity index (χ3n) is 1.74. The molecule has 0 spiro atoms. The van der Waals surface area contributed by atoms with Gasteiger partial charge in [-0.1, -0.05) is 0 Å². The van der Waals surface area contributed by atoms with Crippen LogP contribution in [0.2, 0.25) is 0 Å². The Balaban J connectivity index is 3.36. The van der Waals surface area contributed by atoms with Gasteiger partial charge in [-0.15, -0.1) is 0 Å². The Bertz CT molecular complexity index is 353. The van der Waals surface area contributed by atoms with Crippen LogP contribution in [0.4, 0.5) is 0 Å². The van der Waals surface area contributed by atoms with Gasteiger partial charge in [-0.25, -0.2) is 0 Å². The Labute approximate surface area is 77.5 Å². The van der Waals surface area contributed by atoms with Gasteiger partial charge < -0.3 is 9.47 Å². The molecule has 0 bridgehead atoms. The maximum atomic E-state index is 8.81. The molecule has 3 nitrogen and oxygen atoms in total. The van der Waals surface area contributed by atoms with E-state index in [1.165, 1.54) is 7.11 Å². The Hall–Kier alpha value is -1.69. The van der Waals surface area contributed by atoms with Crippen molar-refractivity contribution in [2.45, 2.75) is 6.92 Å². The summed E-state index contributed by atoms with van der Waals surface area (Å²) in [7, 11) is 3.08. The maximum Gasteiger partial charge on any atom is 0.178 e. The Morgan fingerprint density at radius 3 is 2.38 bits per heavy atom. The summed E-state index contributed by atoms with van der Waals surface area (Å²) < 4.78 is 10.1. The van der Waals surface area contributed by atoms with E-state index in [2.05, 4.69) is 6.07 Å². The summed E-state index contributed by atoms with van der Waals surface area (Å²) in [6, 6.07) is 5.66. The quantitative estimate of drug-likeness (QED) is 0.692. The average molecular weight is 177 g/mol. The van der Waals surface area contributed by atoms with Crippen LogP contribution in [0, 0.1) is 18.3 Å². The van der Waals surface area contributed by atoms with Gasteiger partial charge in [-0.05, 0) is 24.6 Å². The highest BCUT2D eigenvalue weighted by Crippen LogP contribution is 2.31. The number of methoxy groups -OCH3 is 2. The molecule has 3 heteroatoms. The zero-order valence-electron chi connectivity index (χ0n) is 7.92. The number of aryl methyl sites for hydroxylation is 1. The number of nitriles is 1. The van der Waals surface area contributed by atoms with Crippen LogP contribution in [-0.2, 0) is 0 Å². The fourth-order valence-electron chi connectivity index (χ4n) is 1.19. The first kappa shape index (κ1) is 9.40. The summed E-state index contributed by atoms with van der Waals surface area (Å²) in [6.45, 7) is 1.91. The van der Waals surface area contributed by atoms with E-state index in [-0.39, 0.29) is 0 Å². The summed E-state index contributed by atoms with van der Waals surface area (Å²) in [6.07, 6.45) is 0. The Kier molecular flexibility index (Phi) is 2.76. The predicted molar refractivity (Wildman–Crippen MR) is 49.0 cm³/mol. The normalized spacial score (nSPS) is 9.08. The van der Waals surface area contributed by atoms with Crippen molar-refractivity contribution in [3.05, 3.63) is 23.3 Å². The second-order valence-corrected chi connectivity index (χ2v) is 2.66. The van der Waals surface area contributed by atoms with E-state index in [1.54, 1.807) is 13.2 Å². The minimum absolute atomic E-state index is 0.496. The van der Waals surface area contributed by atoms with E-state index in [0.29, 0.717) is 17.1 Å². The predicted octanol–water partition coefficient (Wildman–Crippen LogP) is 1.88. The van der Waals surface area contributed by atoms with Crippen molar-refractivity contribution in [2.24, 2.45) is 0 Å². The van der Waals surface area contributed by atoms with Gasteiger partial charge in [0.25, 0.3) is 0 Å². The third-order valence-corrected chi connectivity index (χ3v) is 1.74. The topological polar surface area (TPSA) is 42.2 Å². The summed E-state index contributed by atoms with van der Waals surface area (Å²) >= 11 is 0. The monoisotopic (exact) mass is 177 g/mol. The smallest absolute Gasteiger partial charge is 0.178 e. The fourth-order valence-corrected chi connectivity index (χ4v) is 1.19. The van der Waals surface area contributed by atoms with E-state index >= 15 is 0 Å². The number of hydrogen-bond donors (Lipinski definition) is 0. The number of ether oxygens (including phenoxy) is 2. The molecule has 0 saturated carbocycles. The van der Waals surface area contributed by atoms with Crippen molar-refractivity contribution in [1.82, 2.24) is 0 Å². The molecule has 1 aromatic rings. The van der Waals surface area contributed by atoms with Gasteiger partial charge in [0.15, 0.2) is 11.5 Å². The zero-order valence-corrected chi connectivity index (χ0v) is 7.92. The maximum absolute atomic E-state index is 8.81. The molecule has 13 heavy (non-hydrogen) atoms. The van der Waals surface area contributed by atoms with Gasteiger partial charge >= 0.3 is 0 Å². The molecule has 0 atom stereocenters. The second-order valence-electron chi connectivity index (χ2n) is 2.66. The minimum atomic E-state index is 0.496. The zero-order chi connectivity index (χ0) is 9.84. The first-order valence-corrected chi connectivity index (χ1v) is 3.85. The molecular weight excluding hydrogens is 166 g/mol. The molecule has 0 heterocycles. The number of benzene rings is 1. The molecule has 1 aromatic carbocycles. The fraction of sp³-hybridized carbons (Fsp3) is 0.300. The lowest BCUT2D eigenvalue weighted by molar-refractivity contribution is 0.354. The second kappa shape index (κ2) is 3.81.